The van der Waals surface area contributed by atoms with E-state index < -0.39 is 0 Å². The van der Waals surface area contributed by atoms with E-state index in [4.69, 9.17) is 0 Å². The highest BCUT2D eigenvalue weighted by Gasteiger charge is 2.22. The molecule has 0 saturated carbocycles. The van der Waals surface area contributed by atoms with Crippen LogP contribution in [0.3, 0.4) is 0 Å². The fourth-order valence-corrected chi connectivity index (χ4v) is 2.27. The lowest BCUT2D eigenvalue weighted by molar-refractivity contribution is 0.340. The molecule has 1 aliphatic carbocycles. The summed E-state index contributed by atoms with van der Waals surface area (Å²) in [6.07, 6.45) is 8.03. The third-order valence-electron chi connectivity index (χ3n) is 3.58. The number of nitrogens with zero attached hydrogens (tertiary/aromatic N) is 1. The van der Waals surface area contributed by atoms with Crippen LogP contribution in [0, 0.1) is 5.92 Å². The van der Waals surface area contributed by atoms with E-state index in [1.54, 1.807) is 0 Å². The van der Waals surface area contributed by atoms with Crippen molar-refractivity contribution in [2.24, 2.45) is 5.92 Å². The molecule has 0 aromatic carbocycles. The molecule has 0 spiro atoms. The van der Waals surface area contributed by atoms with Gasteiger partial charge in [-0.3, -0.25) is 0 Å². The van der Waals surface area contributed by atoms with Gasteiger partial charge in [-0.2, -0.15) is 0 Å². The first-order valence-corrected chi connectivity index (χ1v) is 5.68. The van der Waals surface area contributed by atoms with E-state index in [0.717, 1.165) is 6.42 Å². The highest BCUT2D eigenvalue weighted by molar-refractivity contribution is 5.33. The van der Waals surface area contributed by atoms with Gasteiger partial charge in [0.2, 0.25) is 0 Å². The largest absolute Gasteiger partial charge is 0.370 e. The zero-order valence-electron chi connectivity index (χ0n) is 10.0. The van der Waals surface area contributed by atoms with Gasteiger partial charge < -0.3 is 10.2 Å². The fourth-order valence-electron chi connectivity index (χ4n) is 2.27. The quantitative estimate of drug-likeness (QED) is 0.706. The lowest BCUT2D eigenvalue weighted by Crippen LogP contribution is -2.32. The van der Waals surface area contributed by atoms with Crippen LogP contribution in [0.5, 0.6) is 0 Å². The van der Waals surface area contributed by atoms with Crippen molar-refractivity contribution in [3.63, 3.8) is 0 Å². The molecule has 0 amide bonds. The summed E-state index contributed by atoms with van der Waals surface area (Å²) < 4.78 is 0. The molecule has 2 heteroatoms. The first-order valence-electron chi connectivity index (χ1n) is 5.68. The summed E-state index contributed by atoms with van der Waals surface area (Å²) in [4.78, 5) is 2.33. The van der Waals surface area contributed by atoms with Crippen LogP contribution in [0.15, 0.2) is 35.3 Å². The van der Waals surface area contributed by atoms with Gasteiger partial charge in [-0.15, -0.1) is 0 Å². The smallest absolute Gasteiger partial charge is 0.0996 e. The van der Waals surface area contributed by atoms with Crippen molar-refractivity contribution in [2.75, 3.05) is 0 Å². The lowest BCUT2D eigenvalue weighted by atomic mass is 9.88. The van der Waals surface area contributed by atoms with Gasteiger partial charge in [0.15, 0.2) is 0 Å². The van der Waals surface area contributed by atoms with Crippen molar-refractivity contribution >= 4 is 0 Å². The van der Waals surface area contributed by atoms with Crippen LogP contribution < -0.4 is 5.32 Å². The molecular weight excluding hydrogens is 184 g/mol. The predicted octanol–water partition coefficient (Wildman–Crippen LogP) is 2.97. The van der Waals surface area contributed by atoms with Crippen LogP contribution in [-0.2, 0) is 0 Å². The third-order valence-corrected chi connectivity index (χ3v) is 3.58. The Morgan fingerprint density at radius 1 is 1.33 bits per heavy atom. The van der Waals surface area contributed by atoms with Crippen LogP contribution in [-0.4, -0.2) is 11.1 Å². The van der Waals surface area contributed by atoms with Crippen molar-refractivity contribution in [1.82, 2.24) is 10.2 Å². The van der Waals surface area contributed by atoms with Crippen LogP contribution >= 0.6 is 0 Å². The molecule has 0 radical (unpaired) electrons. The van der Waals surface area contributed by atoms with Gasteiger partial charge in [0.05, 0.1) is 6.17 Å². The fraction of sp³-hybridized carbons (Fsp3) is 0.538. The van der Waals surface area contributed by atoms with Gasteiger partial charge in [-0.05, 0) is 39.2 Å². The zero-order chi connectivity index (χ0) is 11.0. The second kappa shape index (κ2) is 3.76. The van der Waals surface area contributed by atoms with Crippen LogP contribution in [0.2, 0.25) is 0 Å². The Bertz CT molecular complexity index is 350. The van der Waals surface area contributed by atoms with Crippen molar-refractivity contribution in [2.45, 2.75) is 40.3 Å². The summed E-state index contributed by atoms with van der Waals surface area (Å²) in [5.74, 6) is 0.672. The molecule has 0 bridgehead atoms. The minimum Gasteiger partial charge on any atom is -0.370 e. The lowest BCUT2D eigenvalue weighted by Gasteiger charge is -2.31. The van der Waals surface area contributed by atoms with Gasteiger partial charge in [0.25, 0.3) is 0 Å². The standard InChI is InChI=1S/C13H20N2/c1-9-7-13(8-10(2)11(9)3)15-6-5-14-12(15)4/h5-7,10,12,14H,8H2,1-4H3. The van der Waals surface area contributed by atoms with Gasteiger partial charge in [-0.1, -0.05) is 18.1 Å². The molecule has 1 heterocycles. The van der Waals surface area contributed by atoms with E-state index in [2.05, 4.69) is 50.2 Å². The highest BCUT2D eigenvalue weighted by atomic mass is 15.3. The van der Waals surface area contributed by atoms with E-state index >= 15 is 0 Å². The number of hydrogen-bond acceptors (Lipinski definition) is 2. The molecule has 0 aromatic heterocycles. The minimum absolute atomic E-state index is 0.398. The number of allylic oxidation sites excluding steroid dienone is 4. The number of nitrogens with one attached hydrogen (secondary N) is 1. The van der Waals surface area contributed by atoms with Gasteiger partial charge in [-0.25, -0.2) is 0 Å². The maximum absolute atomic E-state index is 3.30. The Morgan fingerprint density at radius 2 is 2.07 bits per heavy atom. The molecule has 1 N–H and O–H groups in total. The molecule has 2 aliphatic rings. The summed E-state index contributed by atoms with van der Waals surface area (Å²) in [5.41, 5.74) is 4.39. The average Bonchev–Trinajstić information content (AvgIpc) is 2.60. The molecule has 0 fully saturated rings. The van der Waals surface area contributed by atoms with Crippen molar-refractivity contribution in [1.29, 1.82) is 0 Å². The van der Waals surface area contributed by atoms with Crippen molar-refractivity contribution in [3.05, 3.63) is 35.3 Å². The summed E-state index contributed by atoms with van der Waals surface area (Å²) in [6, 6.07) is 0. The van der Waals surface area contributed by atoms with Crippen molar-refractivity contribution in [3.8, 4) is 0 Å². The zero-order valence-corrected chi connectivity index (χ0v) is 10.0. The Balaban J connectivity index is 2.25. The number of rotatable bonds is 1. The molecule has 15 heavy (non-hydrogen) atoms. The molecule has 82 valence electrons. The molecule has 0 saturated heterocycles. The summed E-state index contributed by atoms with van der Waals surface area (Å²) >= 11 is 0. The third kappa shape index (κ3) is 1.81. The maximum Gasteiger partial charge on any atom is 0.0996 e. The van der Waals surface area contributed by atoms with Crippen LogP contribution in [0.25, 0.3) is 0 Å². The normalized spacial score (nSPS) is 30.7. The molecule has 2 atom stereocenters. The topological polar surface area (TPSA) is 15.3 Å². The highest BCUT2D eigenvalue weighted by Crippen LogP contribution is 2.31. The van der Waals surface area contributed by atoms with E-state index in [1.165, 1.54) is 16.8 Å². The summed E-state index contributed by atoms with van der Waals surface area (Å²) in [7, 11) is 0. The summed E-state index contributed by atoms with van der Waals surface area (Å²) in [6.45, 7) is 8.95. The second-order valence-electron chi connectivity index (χ2n) is 4.67. The molecule has 1 aliphatic heterocycles. The number of hydrogen-bond donors (Lipinski definition) is 1. The van der Waals surface area contributed by atoms with E-state index in [-0.39, 0.29) is 0 Å². The Hall–Kier alpha value is -1.18. The molecular formula is C13H20N2. The first kappa shape index (κ1) is 10.3. The molecule has 2 nitrogen and oxygen atoms in total. The van der Waals surface area contributed by atoms with Crippen LogP contribution in [0.4, 0.5) is 0 Å². The first-order chi connectivity index (χ1) is 7.09. The Morgan fingerprint density at radius 3 is 2.60 bits per heavy atom. The average molecular weight is 204 g/mol. The SMILES string of the molecule is CC1=C(C)C(C)CC(N2C=CNC2C)=C1. The minimum atomic E-state index is 0.398. The predicted molar refractivity (Wildman–Crippen MR) is 63.8 cm³/mol. The maximum atomic E-state index is 3.30. The van der Waals surface area contributed by atoms with Crippen molar-refractivity contribution < 1.29 is 0 Å². The Labute approximate surface area is 92.3 Å². The van der Waals surface area contributed by atoms with Gasteiger partial charge in [0.1, 0.15) is 0 Å². The van der Waals surface area contributed by atoms with Gasteiger partial charge >= 0.3 is 0 Å². The van der Waals surface area contributed by atoms with Gasteiger partial charge in [0, 0.05) is 18.1 Å². The van der Waals surface area contributed by atoms with Crippen LogP contribution in [0.1, 0.15) is 34.1 Å². The summed E-state index contributed by atoms with van der Waals surface area (Å²) in [5, 5.41) is 3.30. The molecule has 0 aromatic rings. The van der Waals surface area contributed by atoms with E-state index in [9.17, 15) is 0 Å². The van der Waals surface area contributed by atoms with E-state index in [0.29, 0.717) is 12.1 Å². The Kier molecular flexibility index (Phi) is 2.59. The molecule has 2 rings (SSSR count). The molecule has 2 unspecified atom stereocenters. The van der Waals surface area contributed by atoms with E-state index in [1.807, 2.05) is 6.20 Å². The second-order valence-corrected chi connectivity index (χ2v) is 4.67. The monoisotopic (exact) mass is 204 g/mol.